The second-order valence-corrected chi connectivity index (χ2v) is 4.87. The average Bonchev–Trinajstić information content (AvgIpc) is 2.26. The highest BCUT2D eigenvalue weighted by Crippen LogP contribution is 2.01. The van der Waals surface area contributed by atoms with Gasteiger partial charge in [0, 0.05) is 26.2 Å². The van der Waals surface area contributed by atoms with Gasteiger partial charge in [-0.05, 0) is 19.0 Å². The maximum atomic E-state index is 10.6. The second kappa shape index (κ2) is 9.42. The van der Waals surface area contributed by atoms with Crippen LogP contribution in [0, 0.1) is 5.92 Å². The molecule has 1 N–H and O–H groups in total. The molecular weight excluding hydrogens is 216 g/mol. The Balaban J connectivity index is 4.03. The predicted octanol–water partition coefficient (Wildman–Crippen LogP) is 1.76. The summed E-state index contributed by atoms with van der Waals surface area (Å²) in [6.07, 6.45) is 0.241. The molecule has 0 saturated heterocycles. The van der Waals surface area contributed by atoms with Crippen LogP contribution in [0.15, 0.2) is 0 Å². The van der Waals surface area contributed by atoms with Gasteiger partial charge in [0.2, 0.25) is 0 Å². The van der Waals surface area contributed by atoms with Crippen molar-refractivity contribution in [1.29, 1.82) is 0 Å². The molecule has 0 amide bonds. The molecule has 0 rings (SSSR count). The Morgan fingerprint density at radius 1 is 1.06 bits per heavy atom. The molecule has 0 bridgehead atoms. The highest BCUT2D eigenvalue weighted by atomic mass is 16.4. The molecule has 0 aliphatic heterocycles. The van der Waals surface area contributed by atoms with Gasteiger partial charge in [-0.15, -0.1) is 0 Å². The Morgan fingerprint density at radius 2 is 1.59 bits per heavy atom. The van der Waals surface area contributed by atoms with Crippen LogP contribution in [0.2, 0.25) is 0 Å². The fourth-order valence-electron chi connectivity index (χ4n) is 1.89. The van der Waals surface area contributed by atoms with Crippen LogP contribution in [-0.4, -0.2) is 60.1 Å². The summed E-state index contributed by atoms with van der Waals surface area (Å²) < 4.78 is 0. The molecule has 0 aliphatic carbocycles. The molecule has 0 heterocycles. The molecule has 4 heteroatoms. The first kappa shape index (κ1) is 16.4. The molecule has 0 aromatic rings. The van der Waals surface area contributed by atoms with Crippen LogP contribution < -0.4 is 0 Å². The summed E-state index contributed by atoms with van der Waals surface area (Å²) in [6.45, 7) is 14.4. The Hall–Kier alpha value is -0.610. The zero-order chi connectivity index (χ0) is 13.3. The fraction of sp³-hybridized carbons (Fsp3) is 0.923. The molecule has 0 spiro atoms. The molecule has 0 aliphatic rings. The summed E-state index contributed by atoms with van der Waals surface area (Å²) in [4.78, 5) is 15.2. The van der Waals surface area contributed by atoms with Crippen LogP contribution in [0.4, 0.5) is 0 Å². The van der Waals surface area contributed by atoms with E-state index in [1.54, 1.807) is 0 Å². The summed E-state index contributed by atoms with van der Waals surface area (Å²) in [6, 6.07) is 0. The highest BCUT2D eigenvalue weighted by Gasteiger charge is 2.10. The minimum Gasteiger partial charge on any atom is -0.481 e. The minimum atomic E-state index is -0.707. The highest BCUT2D eigenvalue weighted by molar-refractivity contribution is 5.66. The number of nitrogens with zero attached hydrogens (tertiary/aromatic N) is 2. The largest absolute Gasteiger partial charge is 0.481 e. The lowest BCUT2D eigenvalue weighted by Crippen LogP contribution is -2.38. The van der Waals surface area contributed by atoms with Gasteiger partial charge >= 0.3 is 5.97 Å². The van der Waals surface area contributed by atoms with E-state index in [1.807, 2.05) is 0 Å². The average molecular weight is 244 g/mol. The van der Waals surface area contributed by atoms with Gasteiger partial charge in [0.15, 0.2) is 0 Å². The molecule has 0 aromatic heterocycles. The van der Waals surface area contributed by atoms with E-state index in [0.29, 0.717) is 12.5 Å². The summed E-state index contributed by atoms with van der Waals surface area (Å²) in [5.41, 5.74) is 0. The van der Waals surface area contributed by atoms with E-state index in [1.165, 1.54) is 0 Å². The molecular formula is C13H28N2O2. The van der Waals surface area contributed by atoms with Crippen molar-refractivity contribution in [2.45, 2.75) is 34.1 Å². The number of rotatable bonds is 10. The SMILES string of the molecule is CCN(CC)CCN(CCC(=O)O)CC(C)C. The number of aliphatic carboxylic acids is 1. The molecule has 0 radical (unpaired) electrons. The summed E-state index contributed by atoms with van der Waals surface area (Å²) in [5.74, 6) is -0.123. The van der Waals surface area contributed by atoms with Gasteiger partial charge in [-0.1, -0.05) is 27.7 Å². The molecule has 0 saturated carbocycles. The number of hydrogen-bond donors (Lipinski definition) is 1. The minimum absolute atomic E-state index is 0.241. The van der Waals surface area contributed by atoms with Crippen LogP contribution in [0.1, 0.15) is 34.1 Å². The molecule has 0 unspecified atom stereocenters. The van der Waals surface area contributed by atoms with Gasteiger partial charge in [-0.3, -0.25) is 4.79 Å². The smallest absolute Gasteiger partial charge is 0.304 e. The van der Waals surface area contributed by atoms with Crippen LogP contribution >= 0.6 is 0 Å². The number of hydrogen-bond acceptors (Lipinski definition) is 3. The Labute approximate surface area is 106 Å². The van der Waals surface area contributed by atoms with E-state index in [9.17, 15) is 4.79 Å². The third kappa shape index (κ3) is 9.12. The summed E-state index contributed by atoms with van der Waals surface area (Å²) in [5, 5.41) is 8.73. The van der Waals surface area contributed by atoms with Gasteiger partial charge in [-0.25, -0.2) is 0 Å². The van der Waals surface area contributed by atoms with E-state index < -0.39 is 5.97 Å². The third-order valence-electron chi connectivity index (χ3n) is 2.89. The monoisotopic (exact) mass is 244 g/mol. The zero-order valence-corrected chi connectivity index (χ0v) is 11.8. The number of carboxylic acids is 1. The first-order valence-electron chi connectivity index (χ1n) is 6.66. The van der Waals surface area contributed by atoms with Gasteiger partial charge in [0.25, 0.3) is 0 Å². The topological polar surface area (TPSA) is 43.8 Å². The fourth-order valence-corrected chi connectivity index (χ4v) is 1.89. The van der Waals surface area contributed by atoms with Crippen LogP contribution in [0.25, 0.3) is 0 Å². The molecule has 0 atom stereocenters. The third-order valence-corrected chi connectivity index (χ3v) is 2.89. The predicted molar refractivity (Wildman–Crippen MR) is 71.3 cm³/mol. The van der Waals surface area contributed by atoms with Gasteiger partial charge in [0.1, 0.15) is 0 Å². The number of likely N-dealkylation sites (N-methyl/N-ethyl adjacent to an activating group) is 1. The molecule has 0 aromatic carbocycles. The maximum Gasteiger partial charge on any atom is 0.304 e. The first-order chi connectivity index (χ1) is 7.99. The Bertz CT molecular complexity index is 204. The van der Waals surface area contributed by atoms with Crippen molar-refractivity contribution in [2.75, 3.05) is 39.3 Å². The first-order valence-corrected chi connectivity index (χ1v) is 6.66. The normalized spacial score (nSPS) is 11.7. The van der Waals surface area contributed by atoms with Crippen LogP contribution in [0.5, 0.6) is 0 Å². The van der Waals surface area contributed by atoms with Crippen molar-refractivity contribution >= 4 is 5.97 Å². The molecule has 0 fully saturated rings. The standard InChI is InChI=1S/C13H28N2O2/c1-5-14(6-2)9-10-15(11-12(3)4)8-7-13(16)17/h12H,5-11H2,1-4H3,(H,16,17). The molecule has 4 nitrogen and oxygen atoms in total. The van der Waals surface area contributed by atoms with E-state index in [4.69, 9.17) is 5.11 Å². The van der Waals surface area contributed by atoms with Crippen LogP contribution in [-0.2, 0) is 4.79 Å². The Kier molecular flexibility index (Phi) is 9.09. The van der Waals surface area contributed by atoms with Crippen molar-refractivity contribution in [1.82, 2.24) is 9.80 Å². The van der Waals surface area contributed by atoms with Gasteiger partial charge in [-0.2, -0.15) is 0 Å². The van der Waals surface area contributed by atoms with Crippen molar-refractivity contribution in [3.05, 3.63) is 0 Å². The summed E-state index contributed by atoms with van der Waals surface area (Å²) >= 11 is 0. The Morgan fingerprint density at radius 3 is 2.00 bits per heavy atom. The van der Waals surface area contributed by atoms with Gasteiger partial charge < -0.3 is 14.9 Å². The number of carboxylic acid groups (broad SMARTS) is 1. The van der Waals surface area contributed by atoms with E-state index in [2.05, 4.69) is 37.5 Å². The second-order valence-electron chi connectivity index (χ2n) is 4.87. The maximum absolute atomic E-state index is 10.6. The van der Waals surface area contributed by atoms with E-state index in [-0.39, 0.29) is 6.42 Å². The van der Waals surface area contributed by atoms with Crippen LogP contribution in [0.3, 0.4) is 0 Å². The molecule has 102 valence electrons. The number of carbonyl (C=O) groups is 1. The zero-order valence-electron chi connectivity index (χ0n) is 11.8. The lowest BCUT2D eigenvalue weighted by atomic mass is 10.2. The van der Waals surface area contributed by atoms with Crippen molar-refractivity contribution in [2.24, 2.45) is 5.92 Å². The quantitative estimate of drug-likeness (QED) is 0.636. The van der Waals surface area contributed by atoms with Crippen molar-refractivity contribution in [3.8, 4) is 0 Å². The van der Waals surface area contributed by atoms with Crippen molar-refractivity contribution < 1.29 is 9.90 Å². The van der Waals surface area contributed by atoms with Gasteiger partial charge in [0.05, 0.1) is 6.42 Å². The molecule has 17 heavy (non-hydrogen) atoms. The van der Waals surface area contributed by atoms with E-state index in [0.717, 1.165) is 32.7 Å². The lowest BCUT2D eigenvalue weighted by molar-refractivity contribution is -0.137. The lowest BCUT2D eigenvalue weighted by Gasteiger charge is -2.27. The summed E-state index contributed by atoms with van der Waals surface area (Å²) in [7, 11) is 0. The van der Waals surface area contributed by atoms with E-state index >= 15 is 0 Å². The van der Waals surface area contributed by atoms with Crippen molar-refractivity contribution in [3.63, 3.8) is 0 Å².